The molecule has 32 heavy (non-hydrogen) atoms. The van der Waals surface area contributed by atoms with Crippen molar-refractivity contribution in [2.75, 3.05) is 0 Å². The van der Waals surface area contributed by atoms with Crippen molar-refractivity contribution in [3.05, 3.63) is 75.3 Å². The average Bonchev–Trinajstić information content (AvgIpc) is 3.48. The van der Waals surface area contributed by atoms with Gasteiger partial charge in [0.1, 0.15) is 5.78 Å². The van der Waals surface area contributed by atoms with E-state index in [-0.39, 0.29) is 30.7 Å². The summed E-state index contributed by atoms with van der Waals surface area (Å²) in [5.41, 5.74) is 2.99. The summed E-state index contributed by atoms with van der Waals surface area (Å²) in [5.74, 6) is -0.163. The van der Waals surface area contributed by atoms with E-state index in [0.717, 1.165) is 11.1 Å². The van der Waals surface area contributed by atoms with Gasteiger partial charge in [-0.25, -0.2) is 0 Å². The minimum atomic E-state index is -3.70. The molecule has 0 radical (unpaired) electrons. The molecule has 0 spiro atoms. The molecule has 0 bridgehead atoms. The summed E-state index contributed by atoms with van der Waals surface area (Å²) in [4.78, 5) is 32.9. The highest BCUT2D eigenvalue weighted by atomic mass is 19.3. The van der Waals surface area contributed by atoms with E-state index in [1.807, 2.05) is 19.9 Å². The fourth-order valence-electron chi connectivity index (χ4n) is 4.20. The SMILES string of the molecule is Cc1cc(CC(=O)C2(c3ccc4c(c3)OC(F)(F)O4)CC2)nc(-c2ccc[nH]c2=O)c1C.[HH]. The van der Waals surface area contributed by atoms with Crippen molar-refractivity contribution in [1.29, 1.82) is 0 Å². The highest BCUT2D eigenvalue weighted by Crippen LogP contribution is 2.52. The molecule has 166 valence electrons. The lowest BCUT2D eigenvalue weighted by Crippen LogP contribution is -2.26. The molecule has 2 aromatic heterocycles. The predicted octanol–water partition coefficient (Wildman–Crippen LogP) is 4.46. The number of alkyl halides is 2. The number of rotatable bonds is 5. The quantitative estimate of drug-likeness (QED) is 0.633. The van der Waals surface area contributed by atoms with Gasteiger partial charge in [-0.15, -0.1) is 8.78 Å². The Hall–Kier alpha value is -3.55. The Morgan fingerprint density at radius 1 is 1.16 bits per heavy atom. The van der Waals surface area contributed by atoms with Crippen LogP contribution in [0, 0.1) is 13.8 Å². The maximum Gasteiger partial charge on any atom is 0.586 e. The van der Waals surface area contributed by atoms with Crippen molar-refractivity contribution in [1.82, 2.24) is 9.97 Å². The van der Waals surface area contributed by atoms with Crippen LogP contribution < -0.4 is 15.0 Å². The second-order valence-electron chi connectivity index (χ2n) is 8.33. The zero-order chi connectivity index (χ0) is 22.7. The molecule has 0 unspecified atom stereocenters. The zero-order valence-electron chi connectivity index (χ0n) is 17.5. The van der Waals surface area contributed by atoms with Gasteiger partial charge in [0, 0.05) is 19.7 Å². The van der Waals surface area contributed by atoms with Gasteiger partial charge in [0.2, 0.25) is 0 Å². The van der Waals surface area contributed by atoms with Crippen molar-refractivity contribution >= 4 is 5.78 Å². The number of aromatic amines is 1. The van der Waals surface area contributed by atoms with E-state index in [1.54, 1.807) is 24.4 Å². The van der Waals surface area contributed by atoms with E-state index in [4.69, 9.17) is 0 Å². The predicted molar refractivity (Wildman–Crippen MR) is 114 cm³/mol. The maximum absolute atomic E-state index is 13.4. The number of ether oxygens (including phenoxy) is 2. The highest BCUT2D eigenvalue weighted by molar-refractivity contribution is 5.94. The van der Waals surface area contributed by atoms with Gasteiger partial charge in [0.05, 0.1) is 16.7 Å². The number of Topliss-reactive ketones (excluding diaryl/α,β-unsaturated/α-hetero) is 1. The number of hydrogen-bond acceptors (Lipinski definition) is 5. The first-order chi connectivity index (χ1) is 15.2. The van der Waals surface area contributed by atoms with Gasteiger partial charge < -0.3 is 14.5 Å². The third kappa shape index (κ3) is 3.36. The van der Waals surface area contributed by atoms with Crippen molar-refractivity contribution in [3.8, 4) is 22.8 Å². The summed E-state index contributed by atoms with van der Waals surface area (Å²) >= 11 is 0. The highest BCUT2D eigenvalue weighted by Gasteiger charge is 2.52. The molecule has 1 aliphatic heterocycles. The number of ketones is 1. The first kappa shape index (κ1) is 20.4. The smallest absolute Gasteiger partial charge is 0.395 e. The molecule has 1 aliphatic carbocycles. The monoisotopic (exact) mass is 440 g/mol. The molecule has 1 N–H and O–H groups in total. The number of H-pyrrole nitrogens is 1. The normalized spacial score (nSPS) is 17.2. The molecule has 3 aromatic rings. The van der Waals surface area contributed by atoms with Gasteiger partial charge in [-0.3, -0.25) is 14.6 Å². The number of carbonyl (C=O) groups excluding carboxylic acids is 1. The molecular weight excluding hydrogens is 418 g/mol. The van der Waals surface area contributed by atoms with E-state index in [0.29, 0.717) is 35.4 Å². The van der Waals surface area contributed by atoms with Crippen molar-refractivity contribution in [2.24, 2.45) is 0 Å². The number of fused-ring (bicyclic) bond motifs is 1. The number of aromatic nitrogens is 2. The molecule has 0 atom stereocenters. The van der Waals surface area contributed by atoms with Crippen LogP contribution in [-0.4, -0.2) is 22.0 Å². The number of nitrogens with one attached hydrogen (secondary N) is 1. The standard InChI is InChI=1S/C24H20F2N2O4.H2/c1-13-10-16(28-21(14(13)2)17-4-3-9-27-22(17)30)12-20(29)23(7-8-23)15-5-6-18-19(11-15)32-24(25,26)31-18;/h3-6,9-11H,7-8,12H2,1-2H3,(H,27,30);1H. The van der Waals surface area contributed by atoms with Crippen LogP contribution in [-0.2, 0) is 16.6 Å². The molecule has 1 fully saturated rings. The van der Waals surface area contributed by atoms with Gasteiger partial charge in [-0.1, -0.05) is 6.07 Å². The summed E-state index contributed by atoms with van der Waals surface area (Å²) in [6.07, 6.45) is -0.824. The minimum Gasteiger partial charge on any atom is -0.395 e. The first-order valence-electron chi connectivity index (χ1n) is 10.3. The number of benzene rings is 1. The number of pyridine rings is 2. The molecule has 5 rings (SSSR count). The summed E-state index contributed by atoms with van der Waals surface area (Å²) in [7, 11) is 0. The van der Waals surface area contributed by atoms with E-state index in [1.165, 1.54) is 12.1 Å². The summed E-state index contributed by atoms with van der Waals surface area (Å²) in [5, 5.41) is 0. The molecule has 1 aromatic carbocycles. The molecule has 0 amide bonds. The lowest BCUT2D eigenvalue weighted by atomic mass is 9.88. The van der Waals surface area contributed by atoms with Crippen LogP contribution in [0.3, 0.4) is 0 Å². The molecule has 1 saturated carbocycles. The number of halogens is 2. The van der Waals surface area contributed by atoms with E-state index >= 15 is 0 Å². The van der Waals surface area contributed by atoms with Crippen LogP contribution in [0.2, 0.25) is 0 Å². The zero-order valence-corrected chi connectivity index (χ0v) is 17.5. The summed E-state index contributed by atoms with van der Waals surface area (Å²) < 4.78 is 35.7. The number of carbonyl (C=O) groups is 1. The molecular formula is C24H22F2N2O4. The number of aryl methyl sites for hydroxylation is 1. The Morgan fingerprint density at radius 2 is 1.91 bits per heavy atom. The lowest BCUT2D eigenvalue weighted by Gasteiger charge is -2.16. The van der Waals surface area contributed by atoms with E-state index in [2.05, 4.69) is 19.4 Å². The second-order valence-corrected chi connectivity index (χ2v) is 8.33. The van der Waals surface area contributed by atoms with Crippen LogP contribution in [0.15, 0.2) is 47.4 Å². The van der Waals surface area contributed by atoms with Crippen LogP contribution in [0.4, 0.5) is 8.78 Å². The van der Waals surface area contributed by atoms with E-state index in [9.17, 15) is 18.4 Å². The third-order valence-corrected chi connectivity index (χ3v) is 6.24. The van der Waals surface area contributed by atoms with E-state index < -0.39 is 11.7 Å². The van der Waals surface area contributed by atoms with Gasteiger partial charge in [0.25, 0.3) is 5.56 Å². The Bertz CT molecular complexity index is 1320. The third-order valence-electron chi connectivity index (χ3n) is 6.24. The summed E-state index contributed by atoms with van der Waals surface area (Å²) in [6, 6.07) is 9.79. The van der Waals surface area contributed by atoms with Crippen LogP contribution in [0.5, 0.6) is 11.5 Å². The van der Waals surface area contributed by atoms with Crippen molar-refractivity contribution in [2.45, 2.75) is 44.8 Å². The summed E-state index contributed by atoms with van der Waals surface area (Å²) in [6.45, 7) is 3.80. The fraction of sp³-hybridized carbons (Fsp3) is 0.292. The Balaban J connectivity index is 0.00000259. The molecule has 2 aliphatic rings. The minimum absolute atomic E-state index is 0. The van der Waals surface area contributed by atoms with Gasteiger partial charge in [-0.2, -0.15) is 0 Å². The Labute approximate surface area is 183 Å². The van der Waals surface area contributed by atoms with Gasteiger partial charge in [-0.05, 0) is 73.7 Å². The molecule has 6 nitrogen and oxygen atoms in total. The maximum atomic E-state index is 13.4. The number of hydrogen-bond donors (Lipinski definition) is 1. The molecule has 8 heteroatoms. The van der Waals surface area contributed by atoms with Crippen molar-refractivity contribution in [3.63, 3.8) is 0 Å². The molecule has 0 saturated heterocycles. The fourth-order valence-corrected chi connectivity index (χ4v) is 4.20. The lowest BCUT2D eigenvalue weighted by molar-refractivity contribution is -0.286. The van der Waals surface area contributed by atoms with Gasteiger partial charge in [0.15, 0.2) is 11.5 Å². The Kier molecular flexibility index (Phi) is 4.44. The van der Waals surface area contributed by atoms with Crippen LogP contribution >= 0.6 is 0 Å². The largest absolute Gasteiger partial charge is 0.586 e. The molecule has 3 heterocycles. The average molecular weight is 440 g/mol. The number of nitrogens with zero attached hydrogens (tertiary/aromatic N) is 1. The van der Waals surface area contributed by atoms with Crippen LogP contribution in [0.1, 0.15) is 36.7 Å². The second kappa shape index (κ2) is 6.98. The van der Waals surface area contributed by atoms with Gasteiger partial charge >= 0.3 is 6.29 Å². The first-order valence-corrected chi connectivity index (χ1v) is 10.3. The topological polar surface area (TPSA) is 81.3 Å². The van der Waals surface area contributed by atoms with Crippen LogP contribution in [0.25, 0.3) is 11.3 Å². The Morgan fingerprint density at radius 3 is 2.62 bits per heavy atom. The van der Waals surface area contributed by atoms with Crippen molar-refractivity contribution < 1.29 is 24.5 Å².